The summed E-state index contributed by atoms with van der Waals surface area (Å²) >= 11 is 0. The molecule has 1 aromatic carbocycles. The molecule has 0 aliphatic rings. The minimum absolute atomic E-state index is 0.0175. The molecule has 1 rings (SSSR count). The van der Waals surface area contributed by atoms with Crippen LogP contribution in [-0.2, 0) is 20.7 Å². The maximum Gasteiger partial charge on any atom is 0.188 e. The van der Waals surface area contributed by atoms with Crippen molar-refractivity contribution in [3.8, 4) is 23.0 Å². The van der Waals surface area contributed by atoms with Gasteiger partial charge in [0.25, 0.3) is 0 Å². The predicted octanol–water partition coefficient (Wildman–Crippen LogP) is 1.41. The molecular formula is C14H20O7. The van der Waals surface area contributed by atoms with Crippen molar-refractivity contribution in [1.82, 2.24) is 0 Å². The monoisotopic (exact) mass is 300 g/mol. The van der Waals surface area contributed by atoms with E-state index >= 15 is 0 Å². The first kappa shape index (κ1) is 17.1. The molecule has 0 fully saturated rings. The smallest absolute Gasteiger partial charge is 0.188 e. The van der Waals surface area contributed by atoms with E-state index in [0.29, 0.717) is 28.6 Å². The summed E-state index contributed by atoms with van der Waals surface area (Å²) in [6.07, 6.45) is 0.833. The van der Waals surface area contributed by atoms with Gasteiger partial charge in [0.1, 0.15) is 6.29 Å². The Morgan fingerprint density at radius 1 is 0.905 bits per heavy atom. The number of hydrogen-bond donors (Lipinski definition) is 0. The average molecular weight is 300 g/mol. The van der Waals surface area contributed by atoms with Crippen LogP contribution in [0.5, 0.6) is 23.0 Å². The van der Waals surface area contributed by atoms with Crippen molar-refractivity contribution in [2.45, 2.75) is 6.42 Å². The lowest BCUT2D eigenvalue weighted by Crippen LogP contribution is -2.08. The van der Waals surface area contributed by atoms with Crippen LogP contribution >= 0.6 is 0 Å². The third kappa shape index (κ3) is 4.24. The number of aldehydes is 1. The standard InChI is InChI=1S/C14H20O7/c1-16-8-20-12-7-11(18-3)14(21-9-17-2)10(5-6-15)13(12)19-4/h6-7H,5,8-9H2,1-4H3. The van der Waals surface area contributed by atoms with Crippen LogP contribution in [0, 0.1) is 0 Å². The van der Waals surface area contributed by atoms with Crippen LogP contribution in [-0.4, -0.2) is 48.3 Å². The fraction of sp³-hybridized carbons (Fsp3) is 0.500. The van der Waals surface area contributed by atoms with E-state index in [1.54, 1.807) is 6.07 Å². The summed E-state index contributed by atoms with van der Waals surface area (Å²) in [5, 5.41) is 0. The Morgan fingerprint density at radius 3 is 2.10 bits per heavy atom. The molecule has 0 atom stereocenters. The molecule has 0 bridgehead atoms. The van der Waals surface area contributed by atoms with Gasteiger partial charge in [0.05, 0.1) is 19.8 Å². The lowest BCUT2D eigenvalue weighted by molar-refractivity contribution is -0.107. The Hall–Kier alpha value is -1.99. The van der Waals surface area contributed by atoms with Crippen LogP contribution in [0.15, 0.2) is 6.07 Å². The second-order valence-corrected chi connectivity index (χ2v) is 3.89. The molecule has 0 aliphatic heterocycles. The fourth-order valence-corrected chi connectivity index (χ4v) is 1.80. The Labute approximate surface area is 123 Å². The van der Waals surface area contributed by atoms with Gasteiger partial charge in [-0.2, -0.15) is 0 Å². The van der Waals surface area contributed by atoms with Crippen LogP contribution < -0.4 is 18.9 Å². The van der Waals surface area contributed by atoms with E-state index < -0.39 is 0 Å². The summed E-state index contributed by atoms with van der Waals surface area (Å²) in [7, 11) is 5.98. The van der Waals surface area contributed by atoms with Crippen molar-refractivity contribution in [2.75, 3.05) is 42.0 Å². The maximum absolute atomic E-state index is 10.9. The topological polar surface area (TPSA) is 72.5 Å². The fourth-order valence-electron chi connectivity index (χ4n) is 1.80. The number of ether oxygens (including phenoxy) is 6. The number of hydrogen-bond acceptors (Lipinski definition) is 7. The minimum atomic E-state index is 0.0175. The first-order valence-electron chi connectivity index (χ1n) is 6.18. The van der Waals surface area contributed by atoms with Crippen LogP contribution in [0.25, 0.3) is 0 Å². The lowest BCUT2D eigenvalue weighted by Gasteiger charge is -2.19. The molecule has 0 radical (unpaired) electrons. The summed E-state index contributed by atoms with van der Waals surface area (Å²) in [6, 6.07) is 1.61. The molecule has 0 amide bonds. The maximum atomic E-state index is 10.9. The summed E-state index contributed by atoms with van der Waals surface area (Å²) in [5.74, 6) is 1.59. The zero-order valence-corrected chi connectivity index (χ0v) is 12.6. The Bertz CT molecular complexity index is 459. The van der Waals surface area contributed by atoms with Gasteiger partial charge in [0.15, 0.2) is 36.6 Å². The molecule has 0 aliphatic carbocycles. The molecule has 118 valence electrons. The van der Waals surface area contributed by atoms with E-state index in [2.05, 4.69) is 0 Å². The van der Waals surface area contributed by atoms with Gasteiger partial charge in [-0.05, 0) is 0 Å². The third-order valence-corrected chi connectivity index (χ3v) is 2.62. The van der Waals surface area contributed by atoms with Crippen molar-refractivity contribution in [3.63, 3.8) is 0 Å². The van der Waals surface area contributed by atoms with E-state index in [9.17, 15) is 4.79 Å². The van der Waals surface area contributed by atoms with Gasteiger partial charge in [-0.15, -0.1) is 0 Å². The van der Waals surface area contributed by atoms with Gasteiger partial charge in [0, 0.05) is 26.7 Å². The molecule has 7 heteroatoms. The number of carbonyl (C=O) groups excluding carboxylic acids is 1. The molecule has 0 spiro atoms. The molecule has 7 nitrogen and oxygen atoms in total. The molecule has 0 saturated carbocycles. The van der Waals surface area contributed by atoms with E-state index in [-0.39, 0.29) is 20.0 Å². The quantitative estimate of drug-likeness (QED) is 0.478. The van der Waals surface area contributed by atoms with Crippen molar-refractivity contribution < 1.29 is 33.2 Å². The van der Waals surface area contributed by atoms with Crippen molar-refractivity contribution in [1.29, 1.82) is 0 Å². The zero-order chi connectivity index (χ0) is 15.7. The van der Waals surface area contributed by atoms with Crippen molar-refractivity contribution >= 4 is 6.29 Å². The van der Waals surface area contributed by atoms with E-state index in [1.807, 2.05) is 0 Å². The number of benzene rings is 1. The normalized spacial score (nSPS) is 10.1. The van der Waals surface area contributed by atoms with Gasteiger partial charge < -0.3 is 33.2 Å². The van der Waals surface area contributed by atoms with Gasteiger partial charge in [-0.3, -0.25) is 0 Å². The van der Waals surface area contributed by atoms with Gasteiger partial charge in [-0.25, -0.2) is 0 Å². The summed E-state index contributed by atoms with van der Waals surface area (Å²) in [4.78, 5) is 10.9. The largest absolute Gasteiger partial charge is 0.493 e. The highest BCUT2D eigenvalue weighted by Gasteiger charge is 2.22. The van der Waals surface area contributed by atoms with E-state index in [1.165, 1.54) is 28.4 Å². The molecule has 0 heterocycles. The average Bonchev–Trinajstić information content (AvgIpc) is 2.51. The highest BCUT2D eigenvalue weighted by Crippen LogP contribution is 2.44. The minimum Gasteiger partial charge on any atom is -0.493 e. The molecule has 0 N–H and O–H groups in total. The molecule has 1 aromatic rings. The number of methoxy groups -OCH3 is 4. The molecular weight excluding hydrogens is 280 g/mol. The van der Waals surface area contributed by atoms with Crippen LogP contribution in [0.1, 0.15) is 5.56 Å². The van der Waals surface area contributed by atoms with Crippen LogP contribution in [0.4, 0.5) is 0 Å². The third-order valence-electron chi connectivity index (χ3n) is 2.62. The van der Waals surface area contributed by atoms with Gasteiger partial charge in [0.2, 0.25) is 0 Å². The first-order chi connectivity index (χ1) is 10.2. The Morgan fingerprint density at radius 2 is 1.57 bits per heavy atom. The Balaban J connectivity index is 3.35. The molecule has 0 unspecified atom stereocenters. The molecule has 21 heavy (non-hydrogen) atoms. The van der Waals surface area contributed by atoms with Gasteiger partial charge in [-0.1, -0.05) is 0 Å². The van der Waals surface area contributed by atoms with Crippen LogP contribution in [0.3, 0.4) is 0 Å². The highest BCUT2D eigenvalue weighted by atomic mass is 16.7. The molecule has 0 aromatic heterocycles. The second kappa shape index (κ2) is 9.04. The highest BCUT2D eigenvalue weighted by molar-refractivity contribution is 5.68. The van der Waals surface area contributed by atoms with E-state index in [0.717, 1.165) is 6.29 Å². The van der Waals surface area contributed by atoms with E-state index in [4.69, 9.17) is 28.4 Å². The van der Waals surface area contributed by atoms with Crippen LogP contribution in [0.2, 0.25) is 0 Å². The van der Waals surface area contributed by atoms with Crippen molar-refractivity contribution in [3.05, 3.63) is 11.6 Å². The SMILES string of the molecule is COCOc1cc(OC)c(OCOC)c(CC=O)c1OC. The summed E-state index contributed by atoms with van der Waals surface area (Å²) < 4.78 is 31.3. The number of rotatable bonds is 10. The van der Waals surface area contributed by atoms with Gasteiger partial charge >= 0.3 is 0 Å². The predicted molar refractivity (Wildman–Crippen MR) is 74.3 cm³/mol. The lowest BCUT2D eigenvalue weighted by atomic mass is 10.1. The zero-order valence-electron chi connectivity index (χ0n) is 12.6. The molecule has 0 saturated heterocycles. The first-order valence-corrected chi connectivity index (χ1v) is 6.18. The second-order valence-electron chi connectivity index (χ2n) is 3.89. The summed E-state index contributed by atoms with van der Waals surface area (Å²) in [5.41, 5.74) is 0.523. The number of carbonyl (C=O) groups is 1. The Kier molecular flexibility index (Phi) is 7.34. The van der Waals surface area contributed by atoms with Crippen molar-refractivity contribution in [2.24, 2.45) is 0 Å². The summed E-state index contributed by atoms with van der Waals surface area (Å²) in [6.45, 7) is 0.0575.